The second kappa shape index (κ2) is 6.41. The summed E-state index contributed by atoms with van der Waals surface area (Å²) < 4.78 is -0.0514. The molecule has 0 fully saturated rings. The third-order valence-electron chi connectivity index (χ3n) is 2.62. The van der Waals surface area contributed by atoms with E-state index in [9.17, 15) is 14.7 Å². The zero-order chi connectivity index (χ0) is 13.3. The standard InChI is InChI=1S/C11H18N2O3S.Na/c1-5-11(6-17-10(2,3)4)7(14)12-9(16)13-8(11)15;/h5-6H2,1-4H3,(H2,12,13,14,15,16);/q;+1/p-1. The molecule has 96 valence electrons. The van der Waals surface area contributed by atoms with Crippen LogP contribution in [0.5, 0.6) is 0 Å². The summed E-state index contributed by atoms with van der Waals surface area (Å²) in [7, 11) is 0. The molecule has 18 heavy (non-hydrogen) atoms. The van der Waals surface area contributed by atoms with Crippen LogP contribution < -0.4 is 40.0 Å². The van der Waals surface area contributed by atoms with E-state index in [4.69, 9.17) is 0 Å². The number of hydrogen-bond donors (Lipinski definition) is 1. The first-order chi connectivity index (χ1) is 7.71. The molecule has 0 saturated heterocycles. The van der Waals surface area contributed by atoms with Gasteiger partial charge in [-0.3, -0.25) is 9.59 Å². The minimum Gasteiger partial charge on any atom is -0.846 e. The molecular formula is C11H17N2NaO3S. The van der Waals surface area contributed by atoms with Crippen molar-refractivity contribution >= 4 is 29.6 Å². The maximum Gasteiger partial charge on any atom is 1.00 e. The van der Waals surface area contributed by atoms with Crippen LogP contribution in [0.25, 0.3) is 0 Å². The summed E-state index contributed by atoms with van der Waals surface area (Å²) in [5.74, 6) is -0.804. The second-order valence-electron chi connectivity index (χ2n) is 5.01. The largest absolute Gasteiger partial charge is 1.00 e. The Labute approximate surface area is 133 Å². The van der Waals surface area contributed by atoms with Crippen LogP contribution in [-0.4, -0.2) is 28.3 Å². The van der Waals surface area contributed by atoms with Crippen LogP contribution in [0.4, 0.5) is 0 Å². The fraction of sp³-hybridized carbons (Fsp3) is 0.727. The van der Waals surface area contributed by atoms with E-state index in [1.807, 2.05) is 20.8 Å². The quantitative estimate of drug-likeness (QED) is 0.450. The molecule has 0 aromatic rings. The Morgan fingerprint density at radius 2 is 1.94 bits per heavy atom. The van der Waals surface area contributed by atoms with Crippen molar-refractivity contribution in [3.8, 4) is 0 Å². The predicted molar refractivity (Wildman–Crippen MR) is 65.5 cm³/mol. The summed E-state index contributed by atoms with van der Waals surface area (Å²) in [5, 5.41) is 13.1. The van der Waals surface area contributed by atoms with Gasteiger partial charge in [0.15, 0.2) is 0 Å². The van der Waals surface area contributed by atoms with E-state index in [1.165, 1.54) is 11.8 Å². The third kappa shape index (κ3) is 3.98. The molecule has 1 rings (SSSR count). The molecule has 0 aromatic heterocycles. The Kier molecular flexibility index (Phi) is 6.40. The molecule has 1 N–H and O–H groups in total. The number of nitrogens with zero attached hydrogens (tertiary/aromatic N) is 1. The van der Waals surface area contributed by atoms with E-state index < -0.39 is 23.3 Å². The number of amidine groups is 1. The molecule has 1 unspecified atom stereocenters. The second-order valence-corrected chi connectivity index (χ2v) is 6.82. The van der Waals surface area contributed by atoms with E-state index in [2.05, 4.69) is 10.3 Å². The van der Waals surface area contributed by atoms with Gasteiger partial charge >= 0.3 is 29.6 Å². The van der Waals surface area contributed by atoms with Crippen LogP contribution in [0.2, 0.25) is 0 Å². The van der Waals surface area contributed by atoms with E-state index in [0.29, 0.717) is 12.2 Å². The van der Waals surface area contributed by atoms with Crippen LogP contribution in [0.3, 0.4) is 0 Å². The molecule has 0 bridgehead atoms. The number of hydrogen-bond acceptors (Lipinski definition) is 4. The van der Waals surface area contributed by atoms with Crippen molar-refractivity contribution < 1.29 is 44.3 Å². The Morgan fingerprint density at radius 3 is 2.33 bits per heavy atom. The molecule has 0 saturated carbocycles. The summed E-state index contributed by atoms with van der Waals surface area (Å²) >= 11 is 1.52. The van der Waals surface area contributed by atoms with Crippen molar-refractivity contribution in [2.75, 3.05) is 5.75 Å². The Balaban J connectivity index is 0.00000289. The van der Waals surface area contributed by atoms with Crippen molar-refractivity contribution in [1.29, 1.82) is 0 Å². The van der Waals surface area contributed by atoms with Gasteiger partial charge in [0.05, 0.1) is 6.02 Å². The molecule has 0 radical (unpaired) electrons. The Morgan fingerprint density at radius 1 is 1.39 bits per heavy atom. The number of carbonyl (C=O) groups excluding carboxylic acids is 2. The Bertz CT molecular complexity index is 379. The summed E-state index contributed by atoms with van der Waals surface area (Å²) in [6.07, 6.45) is 0.345. The first kappa shape index (κ1) is 18.0. The molecular weight excluding hydrogens is 263 g/mol. The van der Waals surface area contributed by atoms with E-state index in [0.717, 1.165) is 0 Å². The van der Waals surface area contributed by atoms with Gasteiger partial charge in [-0.05, 0) is 6.42 Å². The molecule has 2 amide bonds. The maximum absolute atomic E-state index is 11.9. The first-order valence-corrected chi connectivity index (χ1v) is 6.45. The zero-order valence-corrected chi connectivity index (χ0v) is 14.3. The summed E-state index contributed by atoms with van der Waals surface area (Å²) in [5.41, 5.74) is -1.19. The average Bonchev–Trinajstić information content (AvgIpc) is 2.15. The SMILES string of the molecule is CCC1(CSC(C)(C)C)C(=O)N=C([O-])NC1=O.[Na+]. The van der Waals surface area contributed by atoms with Gasteiger partial charge in [0, 0.05) is 10.5 Å². The van der Waals surface area contributed by atoms with Gasteiger partial charge in [-0.1, -0.05) is 27.7 Å². The number of aliphatic imine (C=N–C) groups is 1. The zero-order valence-electron chi connectivity index (χ0n) is 11.5. The molecule has 7 heteroatoms. The maximum atomic E-state index is 11.9. The fourth-order valence-electron chi connectivity index (χ4n) is 1.42. The molecule has 1 atom stereocenters. The number of rotatable bonds is 3. The minimum absolute atomic E-state index is 0. The summed E-state index contributed by atoms with van der Waals surface area (Å²) in [6, 6.07) is -0.857. The summed E-state index contributed by atoms with van der Waals surface area (Å²) in [4.78, 5) is 27.0. The molecule has 5 nitrogen and oxygen atoms in total. The van der Waals surface area contributed by atoms with Crippen molar-refractivity contribution in [2.24, 2.45) is 10.4 Å². The molecule has 0 aromatic carbocycles. The normalized spacial score (nSPS) is 24.1. The molecule has 1 aliphatic heterocycles. The Hall–Kier alpha value is -0.0400. The van der Waals surface area contributed by atoms with E-state index in [1.54, 1.807) is 6.92 Å². The van der Waals surface area contributed by atoms with Gasteiger partial charge in [0.1, 0.15) is 5.41 Å². The number of amides is 2. The first-order valence-electron chi connectivity index (χ1n) is 5.47. The van der Waals surface area contributed by atoms with Crippen LogP contribution in [-0.2, 0) is 9.59 Å². The van der Waals surface area contributed by atoms with Crippen molar-refractivity contribution in [2.45, 2.75) is 38.9 Å². The topological polar surface area (TPSA) is 81.6 Å². The predicted octanol–water partition coefficient (Wildman–Crippen LogP) is -2.71. The fourth-order valence-corrected chi connectivity index (χ4v) is 2.56. The molecule has 0 spiro atoms. The monoisotopic (exact) mass is 280 g/mol. The van der Waals surface area contributed by atoms with Crippen LogP contribution in [0, 0.1) is 5.41 Å². The number of nitrogens with one attached hydrogen (secondary N) is 1. The van der Waals surface area contributed by atoms with Gasteiger partial charge < -0.3 is 10.4 Å². The van der Waals surface area contributed by atoms with Gasteiger partial charge in [0.2, 0.25) is 5.91 Å². The smallest absolute Gasteiger partial charge is 0.846 e. The molecule has 0 aliphatic carbocycles. The minimum atomic E-state index is -1.19. The van der Waals surface area contributed by atoms with Gasteiger partial charge in [-0.15, -0.1) is 0 Å². The van der Waals surface area contributed by atoms with Gasteiger partial charge in [-0.2, -0.15) is 11.8 Å². The van der Waals surface area contributed by atoms with Crippen molar-refractivity contribution in [3.63, 3.8) is 0 Å². The third-order valence-corrected chi connectivity index (χ3v) is 4.13. The average molecular weight is 280 g/mol. The molecule has 1 aliphatic rings. The number of carbonyl (C=O) groups is 2. The summed E-state index contributed by atoms with van der Waals surface area (Å²) in [6.45, 7) is 7.78. The van der Waals surface area contributed by atoms with Crippen LogP contribution >= 0.6 is 11.8 Å². The van der Waals surface area contributed by atoms with Crippen molar-refractivity contribution in [1.82, 2.24) is 5.32 Å². The van der Waals surface area contributed by atoms with Crippen molar-refractivity contribution in [3.05, 3.63) is 0 Å². The van der Waals surface area contributed by atoms with Crippen LogP contribution in [0.15, 0.2) is 4.99 Å². The number of thioether (sulfide) groups is 1. The molecule has 1 heterocycles. The van der Waals surface area contributed by atoms with Gasteiger partial charge in [0.25, 0.3) is 5.91 Å². The van der Waals surface area contributed by atoms with Gasteiger partial charge in [-0.25, -0.2) is 4.99 Å². The van der Waals surface area contributed by atoms with E-state index in [-0.39, 0.29) is 34.3 Å². The van der Waals surface area contributed by atoms with Crippen LogP contribution in [0.1, 0.15) is 34.1 Å². The van der Waals surface area contributed by atoms with E-state index >= 15 is 0 Å².